The van der Waals surface area contributed by atoms with Gasteiger partial charge < -0.3 is 5.11 Å². The molecule has 1 fully saturated rings. The molecule has 1 aliphatic rings. The summed E-state index contributed by atoms with van der Waals surface area (Å²) in [5, 5.41) is 8.88. The van der Waals surface area contributed by atoms with Crippen molar-refractivity contribution in [3.8, 4) is 0 Å². The molecule has 2 aromatic rings. The van der Waals surface area contributed by atoms with Crippen LogP contribution in [0.3, 0.4) is 0 Å². The zero-order valence-corrected chi connectivity index (χ0v) is 14.2. The summed E-state index contributed by atoms with van der Waals surface area (Å²) < 4.78 is 38.2. The van der Waals surface area contributed by atoms with E-state index in [9.17, 15) is 18.0 Å². The lowest BCUT2D eigenvalue weighted by atomic mass is 9.98. The Hall–Kier alpha value is -2.34. The second kappa shape index (κ2) is 7.50. The van der Waals surface area contributed by atoms with Crippen LogP contribution in [-0.4, -0.2) is 29.1 Å². The van der Waals surface area contributed by atoms with Crippen LogP contribution in [0.15, 0.2) is 48.5 Å². The van der Waals surface area contributed by atoms with E-state index in [1.165, 1.54) is 12.1 Å². The van der Waals surface area contributed by atoms with Crippen molar-refractivity contribution in [2.45, 2.75) is 25.6 Å². The molecule has 1 saturated heterocycles. The maximum atomic E-state index is 12.7. The van der Waals surface area contributed by atoms with Gasteiger partial charge in [-0.15, -0.1) is 0 Å². The molecule has 3 nitrogen and oxygen atoms in total. The van der Waals surface area contributed by atoms with Crippen LogP contribution in [0.25, 0.3) is 0 Å². The zero-order chi connectivity index (χ0) is 18.7. The van der Waals surface area contributed by atoms with E-state index in [4.69, 9.17) is 5.11 Å². The third-order valence-corrected chi connectivity index (χ3v) is 4.69. The molecule has 0 atom stereocenters. The Morgan fingerprint density at radius 3 is 2.23 bits per heavy atom. The SMILES string of the molecule is O=C(O)C1CN(Cc2ccc(CCc3cccc(C(F)(F)F)c3)cc2)C1. The van der Waals surface area contributed by atoms with Crippen molar-refractivity contribution >= 4 is 5.97 Å². The smallest absolute Gasteiger partial charge is 0.416 e. The van der Waals surface area contributed by atoms with Crippen LogP contribution < -0.4 is 0 Å². The molecule has 3 rings (SSSR count). The fourth-order valence-electron chi connectivity index (χ4n) is 3.12. The standard InChI is InChI=1S/C20H20F3NO2/c21-20(22,23)18-3-1-2-15(10-18)7-4-14-5-8-16(9-6-14)11-24-12-17(13-24)19(25)26/h1-3,5-6,8-10,17H,4,7,11-13H2,(H,25,26). The van der Waals surface area contributed by atoms with Gasteiger partial charge >= 0.3 is 12.1 Å². The Morgan fingerprint density at radius 2 is 1.62 bits per heavy atom. The molecule has 0 aliphatic carbocycles. The number of benzene rings is 2. The third-order valence-electron chi connectivity index (χ3n) is 4.69. The van der Waals surface area contributed by atoms with E-state index in [1.54, 1.807) is 6.07 Å². The first-order valence-electron chi connectivity index (χ1n) is 8.50. The van der Waals surface area contributed by atoms with E-state index < -0.39 is 17.7 Å². The Kier molecular flexibility index (Phi) is 5.32. The normalized spacial score (nSPS) is 15.7. The van der Waals surface area contributed by atoms with Crippen LogP contribution >= 0.6 is 0 Å². The van der Waals surface area contributed by atoms with Crippen LogP contribution in [0.5, 0.6) is 0 Å². The summed E-state index contributed by atoms with van der Waals surface area (Å²) in [6.45, 7) is 1.87. The van der Waals surface area contributed by atoms with Gasteiger partial charge in [0.15, 0.2) is 0 Å². The number of carboxylic acid groups (broad SMARTS) is 1. The third kappa shape index (κ3) is 4.64. The van der Waals surface area contributed by atoms with E-state index in [2.05, 4.69) is 4.90 Å². The minimum absolute atomic E-state index is 0.262. The lowest BCUT2D eigenvalue weighted by Crippen LogP contribution is -2.49. The minimum Gasteiger partial charge on any atom is -0.481 e. The number of aryl methyl sites for hydroxylation is 2. The van der Waals surface area contributed by atoms with Gasteiger partial charge in [0.25, 0.3) is 0 Å². The molecule has 1 aliphatic heterocycles. The maximum Gasteiger partial charge on any atom is 0.416 e. The number of aliphatic carboxylic acids is 1. The lowest BCUT2D eigenvalue weighted by Gasteiger charge is -2.36. The van der Waals surface area contributed by atoms with Crippen molar-refractivity contribution in [3.05, 3.63) is 70.8 Å². The number of hydrogen-bond donors (Lipinski definition) is 1. The zero-order valence-electron chi connectivity index (χ0n) is 14.2. The van der Waals surface area contributed by atoms with Crippen LogP contribution in [0.1, 0.15) is 22.3 Å². The summed E-state index contributed by atoms with van der Waals surface area (Å²) >= 11 is 0. The molecule has 1 N–H and O–H groups in total. The average molecular weight is 363 g/mol. The maximum absolute atomic E-state index is 12.7. The fourth-order valence-corrected chi connectivity index (χ4v) is 3.12. The molecule has 0 spiro atoms. The van der Waals surface area contributed by atoms with Crippen molar-refractivity contribution in [2.24, 2.45) is 5.92 Å². The molecule has 0 aromatic heterocycles. The van der Waals surface area contributed by atoms with Crippen molar-refractivity contribution in [1.82, 2.24) is 4.90 Å². The van der Waals surface area contributed by atoms with Gasteiger partial charge in [-0.3, -0.25) is 9.69 Å². The highest BCUT2D eigenvalue weighted by molar-refractivity contribution is 5.71. The van der Waals surface area contributed by atoms with E-state index in [0.717, 1.165) is 23.7 Å². The molecule has 0 unspecified atom stereocenters. The quantitative estimate of drug-likeness (QED) is 0.843. The second-order valence-corrected chi connectivity index (χ2v) is 6.74. The lowest BCUT2D eigenvalue weighted by molar-refractivity contribution is -0.147. The van der Waals surface area contributed by atoms with Gasteiger partial charge in [0.2, 0.25) is 0 Å². The minimum atomic E-state index is -4.31. The molecule has 0 bridgehead atoms. The predicted octanol–water partition coefficient (Wildman–Crippen LogP) is 4.01. The summed E-state index contributed by atoms with van der Waals surface area (Å²) in [5.41, 5.74) is 2.23. The van der Waals surface area contributed by atoms with Gasteiger partial charge in [-0.05, 0) is 35.6 Å². The van der Waals surface area contributed by atoms with Crippen LogP contribution in [0.4, 0.5) is 13.2 Å². The van der Waals surface area contributed by atoms with E-state index >= 15 is 0 Å². The highest BCUT2D eigenvalue weighted by Gasteiger charge is 2.32. The van der Waals surface area contributed by atoms with Crippen LogP contribution in [-0.2, 0) is 30.4 Å². The Morgan fingerprint density at radius 1 is 1.00 bits per heavy atom. The van der Waals surface area contributed by atoms with Gasteiger partial charge in [0.05, 0.1) is 11.5 Å². The summed E-state index contributed by atoms with van der Waals surface area (Å²) in [6.07, 6.45) is -3.09. The molecule has 0 radical (unpaired) electrons. The Balaban J connectivity index is 1.51. The average Bonchev–Trinajstić information content (AvgIpc) is 2.56. The summed E-state index contributed by atoms with van der Waals surface area (Å²) in [6, 6.07) is 13.4. The highest BCUT2D eigenvalue weighted by Crippen LogP contribution is 2.29. The van der Waals surface area contributed by atoms with Gasteiger partial charge in [0, 0.05) is 19.6 Å². The van der Waals surface area contributed by atoms with Crippen molar-refractivity contribution < 1.29 is 23.1 Å². The topological polar surface area (TPSA) is 40.5 Å². The van der Waals surface area contributed by atoms with Crippen LogP contribution in [0.2, 0.25) is 0 Å². The van der Waals surface area contributed by atoms with E-state index in [0.29, 0.717) is 31.5 Å². The first-order chi connectivity index (χ1) is 12.3. The number of carboxylic acids is 1. The molecule has 138 valence electrons. The van der Waals surface area contributed by atoms with E-state index in [1.807, 2.05) is 24.3 Å². The van der Waals surface area contributed by atoms with Crippen molar-refractivity contribution in [1.29, 1.82) is 0 Å². The first-order valence-corrected chi connectivity index (χ1v) is 8.50. The van der Waals surface area contributed by atoms with Gasteiger partial charge in [-0.2, -0.15) is 13.2 Å². The molecular formula is C20H20F3NO2. The predicted molar refractivity (Wildman–Crippen MR) is 91.7 cm³/mol. The molecule has 0 amide bonds. The number of carbonyl (C=O) groups is 1. The molecule has 2 aromatic carbocycles. The number of likely N-dealkylation sites (tertiary alicyclic amines) is 1. The number of hydrogen-bond acceptors (Lipinski definition) is 2. The van der Waals surface area contributed by atoms with Gasteiger partial charge in [-0.1, -0.05) is 42.5 Å². The molecule has 6 heteroatoms. The first kappa shape index (κ1) is 18.5. The summed E-state index contributed by atoms with van der Waals surface area (Å²) in [5.74, 6) is -1.01. The largest absolute Gasteiger partial charge is 0.481 e. The second-order valence-electron chi connectivity index (χ2n) is 6.74. The fraction of sp³-hybridized carbons (Fsp3) is 0.350. The van der Waals surface area contributed by atoms with Gasteiger partial charge in [0.1, 0.15) is 0 Å². The van der Waals surface area contributed by atoms with Gasteiger partial charge in [-0.25, -0.2) is 0 Å². The number of rotatable bonds is 6. The molecular weight excluding hydrogens is 343 g/mol. The van der Waals surface area contributed by atoms with Crippen LogP contribution in [0, 0.1) is 5.92 Å². The summed E-state index contributed by atoms with van der Waals surface area (Å²) in [7, 11) is 0. The van der Waals surface area contributed by atoms with Crippen molar-refractivity contribution in [3.63, 3.8) is 0 Å². The Labute approximate surface area is 150 Å². The Bertz CT molecular complexity index is 765. The highest BCUT2D eigenvalue weighted by atomic mass is 19.4. The molecule has 26 heavy (non-hydrogen) atoms. The number of halogens is 3. The number of nitrogens with zero attached hydrogens (tertiary/aromatic N) is 1. The monoisotopic (exact) mass is 363 g/mol. The summed E-state index contributed by atoms with van der Waals surface area (Å²) in [4.78, 5) is 12.9. The number of alkyl halides is 3. The van der Waals surface area contributed by atoms with Crippen molar-refractivity contribution in [2.75, 3.05) is 13.1 Å². The molecule has 1 heterocycles. The van der Waals surface area contributed by atoms with E-state index in [-0.39, 0.29) is 5.92 Å². The molecule has 0 saturated carbocycles.